The summed E-state index contributed by atoms with van der Waals surface area (Å²) >= 11 is 3.19. The molecule has 0 aliphatic heterocycles. The average molecular weight is 223 g/mol. The monoisotopic (exact) mass is 223 g/mol. The fourth-order valence-corrected chi connectivity index (χ4v) is 2.57. The van der Waals surface area contributed by atoms with Crippen LogP contribution in [0.2, 0.25) is 0 Å². The second kappa shape index (κ2) is 3.89. The van der Waals surface area contributed by atoms with Crippen molar-refractivity contribution in [2.24, 2.45) is 5.73 Å². The van der Waals surface area contributed by atoms with Gasteiger partial charge in [0, 0.05) is 23.1 Å². The summed E-state index contributed by atoms with van der Waals surface area (Å²) in [7, 11) is 0. The van der Waals surface area contributed by atoms with Crippen LogP contribution >= 0.6 is 22.7 Å². The number of hydrogen-bond donors (Lipinski definition) is 1. The highest BCUT2D eigenvalue weighted by Crippen LogP contribution is 1.96. The maximum absolute atomic E-state index is 5.39. The zero-order valence-electron chi connectivity index (χ0n) is 7.60. The lowest BCUT2D eigenvalue weighted by Crippen LogP contribution is -1.93. The first-order valence-electron chi connectivity index (χ1n) is 4.10. The lowest BCUT2D eigenvalue weighted by atomic mass is 10.6. The van der Waals surface area contributed by atoms with E-state index in [4.69, 9.17) is 5.73 Å². The van der Waals surface area contributed by atoms with Gasteiger partial charge in [-0.1, -0.05) is 6.08 Å². The van der Waals surface area contributed by atoms with Crippen LogP contribution in [0.25, 0.3) is 12.3 Å². The number of hydrogen-bond acceptors (Lipinski definition) is 5. The Bertz CT molecular complexity index is 567. The molecule has 2 aromatic heterocycles. The summed E-state index contributed by atoms with van der Waals surface area (Å²) in [6.07, 6.45) is 7.20. The van der Waals surface area contributed by atoms with Crippen LogP contribution in [0, 0.1) is 9.33 Å². The molecule has 0 aromatic carbocycles. The summed E-state index contributed by atoms with van der Waals surface area (Å²) in [6.45, 7) is 2.00. The molecular formula is C9H9N3S2. The molecule has 2 rings (SSSR count). The van der Waals surface area contributed by atoms with E-state index in [-0.39, 0.29) is 0 Å². The molecule has 0 aliphatic rings. The van der Waals surface area contributed by atoms with Crippen molar-refractivity contribution in [3.8, 4) is 0 Å². The van der Waals surface area contributed by atoms with Gasteiger partial charge in [0.05, 0.1) is 4.53 Å². The van der Waals surface area contributed by atoms with Gasteiger partial charge < -0.3 is 5.73 Å². The molecule has 0 fully saturated rings. The minimum atomic E-state index is 0.930. The van der Waals surface area contributed by atoms with Gasteiger partial charge in [0.2, 0.25) is 0 Å². The van der Waals surface area contributed by atoms with Gasteiger partial charge in [0.1, 0.15) is 0 Å². The van der Waals surface area contributed by atoms with E-state index in [2.05, 4.69) is 9.97 Å². The van der Waals surface area contributed by atoms with Crippen LogP contribution in [0.1, 0.15) is 6.92 Å². The second-order valence-corrected chi connectivity index (χ2v) is 4.72. The molecule has 2 heterocycles. The summed E-state index contributed by atoms with van der Waals surface area (Å²) in [4.78, 5) is 8.53. The number of nitrogens with two attached hydrogens (primary N) is 1. The lowest BCUT2D eigenvalue weighted by molar-refractivity contribution is 1.26. The Labute approximate surface area is 88.6 Å². The third kappa shape index (κ3) is 1.69. The third-order valence-corrected chi connectivity index (χ3v) is 3.85. The highest BCUT2D eigenvalue weighted by molar-refractivity contribution is 7.11. The molecule has 0 saturated carbocycles. The Morgan fingerprint density at radius 3 is 2.14 bits per heavy atom. The first-order chi connectivity index (χ1) is 6.83. The lowest BCUT2D eigenvalue weighted by Gasteiger charge is -1.68. The third-order valence-electron chi connectivity index (χ3n) is 1.68. The van der Waals surface area contributed by atoms with E-state index in [0.717, 1.165) is 18.4 Å². The number of nitrogens with zero attached hydrogens (tertiary/aromatic N) is 2. The van der Waals surface area contributed by atoms with E-state index >= 15 is 0 Å². The van der Waals surface area contributed by atoms with Gasteiger partial charge in [0.15, 0.2) is 9.33 Å². The quantitative estimate of drug-likeness (QED) is 0.702. The van der Waals surface area contributed by atoms with Crippen LogP contribution in [-0.4, -0.2) is 9.97 Å². The van der Waals surface area contributed by atoms with Crippen molar-refractivity contribution in [1.29, 1.82) is 0 Å². The van der Waals surface area contributed by atoms with E-state index in [9.17, 15) is 0 Å². The van der Waals surface area contributed by atoms with Crippen LogP contribution in [0.3, 0.4) is 0 Å². The largest absolute Gasteiger partial charge is 0.403 e. The van der Waals surface area contributed by atoms with Crippen molar-refractivity contribution in [3.63, 3.8) is 0 Å². The molecule has 0 amide bonds. The summed E-state index contributed by atoms with van der Waals surface area (Å²) in [6, 6.07) is 0. The van der Waals surface area contributed by atoms with E-state index in [1.807, 2.05) is 19.2 Å². The number of aromatic nitrogens is 2. The van der Waals surface area contributed by atoms with Gasteiger partial charge in [-0.05, 0) is 6.92 Å². The van der Waals surface area contributed by atoms with Crippen molar-refractivity contribution in [1.82, 2.24) is 9.97 Å². The molecule has 2 N–H and O–H groups in total. The molecule has 0 atom stereocenters. The second-order valence-electron chi connectivity index (χ2n) is 2.59. The van der Waals surface area contributed by atoms with Gasteiger partial charge in [-0.2, -0.15) is 0 Å². The van der Waals surface area contributed by atoms with E-state index in [0.29, 0.717) is 0 Å². The summed E-state index contributed by atoms with van der Waals surface area (Å²) in [5, 5.41) is 0. The molecule has 0 bridgehead atoms. The minimum Gasteiger partial charge on any atom is -0.403 e. The highest BCUT2D eigenvalue weighted by atomic mass is 32.1. The van der Waals surface area contributed by atoms with Gasteiger partial charge in [-0.15, -0.1) is 22.7 Å². The van der Waals surface area contributed by atoms with Crippen LogP contribution in [-0.2, 0) is 0 Å². The molecule has 0 aliphatic carbocycles. The molecule has 5 heteroatoms. The number of thiazole rings is 2. The van der Waals surface area contributed by atoms with Crippen molar-refractivity contribution in [2.45, 2.75) is 6.92 Å². The number of rotatable bonds is 0. The zero-order valence-corrected chi connectivity index (χ0v) is 9.23. The first kappa shape index (κ1) is 9.36. The van der Waals surface area contributed by atoms with Crippen LogP contribution in [0.4, 0.5) is 0 Å². The Kier molecular flexibility index (Phi) is 2.60. The molecule has 0 radical (unpaired) electrons. The summed E-state index contributed by atoms with van der Waals surface area (Å²) < 4.78 is 4.02. The van der Waals surface area contributed by atoms with E-state index in [1.54, 1.807) is 35.1 Å². The summed E-state index contributed by atoms with van der Waals surface area (Å²) in [5.41, 5.74) is 5.39. The first-order valence-corrected chi connectivity index (χ1v) is 5.73. The molecule has 0 unspecified atom stereocenters. The van der Waals surface area contributed by atoms with Crippen molar-refractivity contribution in [2.75, 3.05) is 0 Å². The Balaban J connectivity index is 2.83. The normalized spacial score (nSPS) is 16.4. The van der Waals surface area contributed by atoms with Crippen LogP contribution in [0.5, 0.6) is 0 Å². The van der Waals surface area contributed by atoms with Gasteiger partial charge in [0.25, 0.3) is 0 Å². The summed E-state index contributed by atoms with van der Waals surface area (Å²) in [5.74, 6) is 0. The predicted molar refractivity (Wildman–Crippen MR) is 59.9 cm³/mol. The highest BCUT2D eigenvalue weighted by Gasteiger charge is 1.91. The van der Waals surface area contributed by atoms with E-state index < -0.39 is 0 Å². The predicted octanol–water partition coefficient (Wildman–Crippen LogP) is 0.384. The smallest absolute Gasteiger partial charge is 0.152 e. The maximum atomic E-state index is 5.39. The topological polar surface area (TPSA) is 51.8 Å². The fraction of sp³-hybridized carbons (Fsp3) is 0.111. The standard InChI is InChI=1S/C9H9N3S2/c1-2-6-4-11-8(13-6)9-12-5-7(3-10)14-9/h2-5H,10H2,1H3/b6-2-,7-3-,9-8+. The molecule has 0 spiro atoms. The van der Waals surface area contributed by atoms with Gasteiger partial charge in [-0.3, -0.25) is 0 Å². The fourth-order valence-electron chi connectivity index (χ4n) is 0.981. The molecular weight excluding hydrogens is 214 g/mol. The van der Waals surface area contributed by atoms with Crippen molar-refractivity contribution in [3.05, 3.63) is 30.8 Å². The van der Waals surface area contributed by atoms with Gasteiger partial charge >= 0.3 is 0 Å². The Morgan fingerprint density at radius 2 is 1.71 bits per heavy atom. The molecule has 72 valence electrons. The molecule has 0 saturated heterocycles. The van der Waals surface area contributed by atoms with Crippen molar-refractivity contribution < 1.29 is 0 Å². The Morgan fingerprint density at radius 1 is 1.14 bits per heavy atom. The average Bonchev–Trinajstić information content (AvgIpc) is 2.86. The Hall–Kier alpha value is -1.20. The van der Waals surface area contributed by atoms with Gasteiger partial charge in [-0.25, -0.2) is 9.97 Å². The SMILES string of the molecule is C/C=c1/cn/c(=c2/nc/c(=C/N)s2)s1. The maximum Gasteiger partial charge on any atom is 0.152 e. The molecule has 14 heavy (non-hydrogen) atoms. The van der Waals surface area contributed by atoms with Crippen LogP contribution in [0.15, 0.2) is 12.4 Å². The zero-order chi connectivity index (χ0) is 9.97. The minimum absolute atomic E-state index is 0.930. The molecule has 2 aromatic rings. The van der Waals surface area contributed by atoms with Crippen molar-refractivity contribution >= 4 is 34.9 Å². The van der Waals surface area contributed by atoms with E-state index in [1.165, 1.54) is 0 Å². The molecule has 3 nitrogen and oxygen atoms in total. The van der Waals surface area contributed by atoms with Crippen LogP contribution < -0.4 is 14.8 Å².